The van der Waals surface area contributed by atoms with Crippen LogP contribution in [0.5, 0.6) is 0 Å². The second-order valence-corrected chi connectivity index (χ2v) is 4.50. The molecule has 1 heterocycles. The first-order valence-corrected chi connectivity index (χ1v) is 4.86. The highest BCUT2D eigenvalue weighted by Crippen LogP contribution is 2.32. The van der Waals surface area contributed by atoms with Gasteiger partial charge in [0.05, 0.1) is 16.6 Å². The highest BCUT2D eigenvalue weighted by molar-refractivity contribution is 6.27. The minimum absolute atomic E-state index is 0.257. The molecule has 1 unspecified atom stereocenters. The maximum absolute atomic E-state index is 12.6. The molecule has 0 aromatic heterocycles. The zero-order chi connectivity index (χ0) is 12.1. The quantitative estimate of drug-likeness (QED) is 0.423. The van der Waals surface area contributed by atoms with Crippen LogP contribution in [-0.4, -0.2) is 5.00 Å². The first-order valence-electron chi connectivity index (χ1n) is 4.48. The molecular formula is C10H8ClF3N2. The van der Waals surface area contributed by atoms with Gasteiger partial charge in [-0.2, -0.15) is 13.2 Å². The van der Waals surface area contributed by atoms with Gasteiger partial charge in [0, 0.05) is 5.22 Å². The van der Waals surface area contributed by atoms with Crippen molar-refractivity contribution in [2.75, 3.05) is 5.73 Å². The lowest BCUT2D eigenvalue weighted by Crippen LogP contribution is -2.28. The molecule has 0 aliphatic carbocycles. The van der Waals surface area contributed by atoms with E-state index in [1.165, 1.54) is 12.1 Å². The molecule has 1 aliphatic rings. The van der Waals surface area contributed by atoms with Crippen molar-refractivity contribution in [1.82, 2.24) is 0 Å². The van der Waals surface area contributed by atoms with Crippen molar-refractivity contribution in [3.63, 3.8) is 0 Å². The van der Waals surface area contributed by atoms with Gasteiger partial charge in [-0.3, -0.25) is 4.99 Å². The predicted molar refractivity (Wildman–Crippen MR) is 55.4 cm³/mol. The van der Waals surface area contributed by atoms with Crippen LogP contribution in [0.4, 0.5) is 18.9 Å². The van der Waals surface area contributed by atoms with Gasteiger partial charge < -0.3 is 5.73 Å². The van der Waals surface area contributed by atoms with Gasteiger partial charge >= 0.3 is 6.18 Å². The Morgan fingerprint density at radius 2 is 2.00 bits per heavy atom. The summed E-state index contributed by atoms with van der Waals surface area (Å²) in [7, 11) is 0. The number of hydrogen-bond acceptors (Lipinski definition) is 2. The van der Waals surface area contributed by atoms with Crippen LogP contribution in [0.15, 0.2) is 17.1 Å². The van der Waals surface area contributed by atoms with E-state index >= 15 is 0 Å². The summed E-state index contributed by atoms with van der Waals surface area (Å²) in [5, 5.41) is 0.648. The van der Waals surface area contributed by atoms with E-state index in [4.69, 9.17) is 17.3 Å². The van der Waals surface area contributed by atoms with Crippen LogP contribution in [0.3, 0.4) is 0 Å². The lowest BCUT2D eigenvalue weighted by Gasteiger charge is -2.09. The Kier molecular flexibility index (Phi) is 2.21. The molecule has 0 amide bonds. The van der Waals surface area contributed by atoms with Crippen LogP contribution in [0, 0.1) is 0 Å². The Morgan fingerprint density at radius 1 is 1.38 bits per heavy atom. The number of nitrogens with two attached hydrogens (primary N) is 1. The Morgan fingerprint density at radius 3 is 2.56 bits per heavy atom. The molecule has 1 atom stereocenters. The molecule has 0 radical (unpaired) electrons. The summed E-state index contributed by atoms with van der Waals surface area (Å²) in [4.78, 5) is 3.02. The first kappa shape index (κ1) is 11.3. The summed E-state index contributed by atoms with van der Waals surface area (Å²) in [6, 6.07) is 2.20. The Hall–Kier alpha value is -1.23. The molecule has 1 aromatic carbocycles. The van der Waals surface area contributed by atoms with Crippen molar-refractivity contribution in [2.24, 2.45) is 4.99 Å². The number of hydrogen-bond donors (Lipinski definition) is 1. The van der Waals surface area contributed by atoms with E-state index in [2.05, 4.69) is 4.99 Å². The molecule has 86 valence electrons. The zero-order valence-corrected chi connectivity index (χ0v) is 9.02. The highest BCUT2D eigenvalue weighted by Gasteiger charge is 2.34. The van der Waals surface area contributed by atoms with Gasteiger partial charge in [-0.1, -0.05) is 11.6 Å². The third kappa shape index (κ3) is 1.75. The van der Waals surface area contributed by atoms with E-state index in [1.54, 1.807) is 6.92 Å². The second-order valence-electron chi connectivity index (χ2n) is 3.74. The third-order valence-electron chi connectivity index (χ3n) is 2.32. The van der Waals surface area contributed by atoms with Crippen molar-refractivity contribution in [2.45, 2.75) is 18.1 Å². The van der Waals surface area contributed by atoms with Crippen molar-refractivity contribution in [1.29, 1.82) is 0 Å². The van der Waals surface area contributed by atoms with E-state index in [1.807, 2.05) is 0 Å². The minimum Gasteiger partial charge on any atom is -0.398 e. The lowest BCUT2D eigenvalue weighted by molar-refractivity contribution is -0.136. The molecule has 2 rings (SSSR count). The van der Waals surface area contributed by atoms with Gasteiger partial charge in [0.2, 0.25) is 0 Å². The number of rotatable bonds is 0. The van der Waals surface area contributed by atoms with Crippen molar-refractivity contribution in [3.05, 3.63) is 28.3 Å². The largest absolute Gasteiger partial charge is 0.418 e. The molecule has 0 bridgehead atoms. The molecule has 0 saturated heterocycles. The van der Waals surface area contributed by atoms with E-state index < -0.39 is 16.7 Å². The molecule has 0 fully saturated rings. The number of nitrogens with zero attached hydrogens (tertiary/aromatic N) is 1. The number of anilines is 1. The second kappa shape index (κ2) is 3.13. The molecule has 0 saturated carbocycles. The fourth-order valence-electron chi connectivity index (χ4n) is 1.65. The van der Waals surface area contributed by atoms with Crippen LogP contribution < -0.4 is 16.3 Å². The van der Waals surface area contributed by atoms with Gasteiger partial charge in [0.1, 0.15) is 0 Å². The monoisotopic (exact) mass is 248 g/mol. The predicted octanol–water partition coefficient (Wildman–Crippen LogP) is 1.66. The number of fused-ring (bicyclic) bond motifs is 1. The summed E-state index contributed by atoms with van der Waals surface area (Å²) in [6.07, 6.45) is -3.04. The van der Waals surface area contributed by atoms with Gasteiger partial charge in [-0.15, -0.1) is 0 Å². The normalized spacial score (nSPS) is 23.6. The average Bonchev–Trinajstić information content (AvgIpc) is 2.38. The van der Waals surface area contributed by atoms with E-state index in [0.29, 0.717) is 5.36 Å². The molecule has 0 spiro atoms. The molecular weight excluding hydrogens is 241 g/mol. The average molecular weight is 249 g/mol. The first-order chi connectivity index (χ1) is 7.21. The smallest absolute Gasteiger partial charge is 0.398 e. The molecule has 1 aliphatic heterocycles. The van der Waals surface area contributed by atoms with E-state index in [-0.39, 0.29) is 10.9 Å². The van der Waals surface area contributed by atoms with Gasteiger partial charge in [0.25, 0.3) is 0 Å². The summed E-state index contributed by atoms with van der Waals surface area (Å²) in [6.45, 7) is 1.58. The van der Waals surface area contributed by atoms with Crippen molar-refractivity contribution >= 4 is 23.4 Å². The number of alkyl halides is 4. The van der Waals surface area contributed by atoms with Crippen LogP contribution >= 0.6 is 11.6 Å². The zero-order valence-electron chi connectivity index (χ0n) is 8.27. The van der Waals surface area contributed by atoms with Crippen LogP contribution in [0.1, 0.15) is 12.5 Å². The fourth-order valence-corrected chi connectivity index (χ4v) is 1.85. The summed E-state index contributed by atoms with van der Waals surface area (Å²) in [5.41, 5.74) is 4.30. The van der Waals surface area contributed by atoms with Gasteiger partial charge in [-0.25, -0.2) is 0 Å². The van der Waals surface area contributed by atoms with E-state index in [0.717, 1.165) is 6.07 Å². The fraction of sp³-hybridized carbons (Fsp3) is 0.300. The maximum Gasteiger partial charge on any atom is 0.418 e. The summed E-state index contributed by atoms with van der Waals surface area (Å²) in [5.74, 6) is 0. The molecule has 2 N–H and O–H groups in total. The Balaban J connectivity index is 2.76. The van der Waals surface area contributed by atoms with E-state index in [9.17, 15) is 13.2 Å². The number of benzene rings is 1. The third-order valence-corrected chi connectivity index (χ3v) is 2.51. The van der Waals surface area contributed by atoms with Crippen LogP contribution in [-0.2, 0) is 6.18 Å². The topological polar surface area (TPSA) is 38.4 Å². The minimum atomic E-state index is -4.46. The summed E-state index contributed by atoms with van der Waals surface area (Å²) < 4.78 is 37.7. The van der Waals surface area contributed by atoms with Crippen molar-refractivity contribution < 1.29 is 13.2 Å². The SMILES string of the molecule is CC1(Cl)C=c2c(N)c(C(F)(F)F)ccc2=N1. The molecule has 1 aromatic rings. The highest BCUT2D eigenvalue weighted by atomic mass is 35.5. The number of nitrogen functional groups attached to an aromatic ring is 1. The maximum atomic E-state index is 12.6. The van der Waals surface area contributed by atoms with Crippen LogP contribution in [0.25, 0.3) is 6.08 Å². The van der Waals surface area contributed by atoms with Crippen LogP contribution in [0.2, 0.25) is 0 Å². The molecule has 6 heteroatoms. The standard InChI is InChI=1S/C10H8ClF3N2/c1-9(11)4-5-7(16-9)3-2-6(8(5)15)10(12,13)14/h2-4H,15H2,1H3. The lowest BCUT2D eigenvalue weighted by atomic mass is 10.1. The van der Waals surface area contributed by atoms with Gasteiger partial charge in [0.15, 0.2) is 5.00 Å². The van der Waals surface area contributed by atoms with Crippen molar-refractivity contribution in [3.8, 4) is 0 Å². The van der Waals surface area contributed by atoms with Gasteiger partial charge in [-0.05, 0) is 25.1 Å². The number of halogens is 4. The Labute approximate surface area is 94.2 Å². The Bertz CT molecular complexity index is 561. The molecule has 16 heavy (non-hydrogen) atoms. The summed E-state index contributed by atoms with van der Waals surface area (Å²) >= 11 is 5.91. The molecule has 2 nitrogen and oxygen atoms in total.